The second-order valence-electron chi connectivity index (χ2n) is 8.96. The van der Waals surface area contributed by atoms with E-state index in [0.717, 1.165) is 0 Å². The van der Waals surface area contributed by atoms with Crippen LogP contribution in [-0.4, -0.2) is 66.2 Å². The fraction of sp³-hybridized carbons (Fsp3) is 0.750. The molecular formula is C20H37N3O5. The highest BCUT2D eigenvalue weighted by Crippen LogP contribution is 2.24. The molecule has 162 valence electrons. The average Bonchev–Trinajstić information content (AvgIpc) is 2.54. The number of likely N-dealkylation sites (N-methyl/N-ethyl adjacent to an activating group) is 1. The van der Waals surface area contributed by atoms with Gasteiger partial charge in [-0.3, -0.25) is 9.59 Å². The smallest absolute Gasteiger partial charge is 0.331 e. The number of carbonyl (C=O) groups excluding carboxylic acids is 2. The van der Waals surface area contributed by atoms with E-state index in [1.807, 2.05) is 34.6 Å². The lowest BCUT2D eigenvalue weighted by molar-refractivity contribution is -0.141. The highest BCUT2D eigenvalue weighted by Gasteiger charge is 2.40. The fourth-order valence-electron chi connectivity index (χ4n) is 2.74. The molecule has 0 spiro atoms. The van der Waals surface area contributed by atoms with E-state index in [1.165, 1.54) is 25.9 Å². The van der Waals surface area contributed by atoms with Gasteiger partial charge in [0, 0.05) is 19.7 Å². The number of ether oxygens (including phenoxy) is 1. The first-order valence-electron chi connectivity index (χ1n) is 9.33. The van der Waals surface area contributed by atoms with E-state index in [0.29, 0.717) is 0 Å². The summed E-state index contributed by atoms with van der Waals surface area (Å²) in [6.07, 6.45) is 1.56. The first kappa shape index (κ1) is 26.1. The van der Waals surface area contributed by atoms with Crippen LogP contribution in [0, 0.1) is 11.3 Å². The minimum atomic E-state index is -1.28. The molecule has 0 fully saturated rings. The maximum absolute atomic E-state index is 13.3. The Morgan fingerprint density at radius 2 is 1.71 bits per heavy atom. The van der Waals surface area contributed by atoms with Gasteiger partial charge in [-0.05, 0) is 25.2 Å². The normalized spacial score (nSPS) is 16.9. The molecule has 0 aliphatic rings. The summed E-state index contributed by atoms with van der Waals surface area (Å²) in [6, 6.07) is -1.28. The number of amides is 2. The Morgan fingerprint density at radius 3 is 2.07 bits per heavy atom. The van der Waals surface area contributed by atoms with Crippen LogP contribution in [0.5, 0.6) is 0 Å². The molecule has 3 unspecified atom stereocenters. The van der Waals surface area contributed by atoms with Crippen LogP contribution in [-0.2, 0) is 19.1 Å². The van der Waals surface area contributed by atoms with Crippen LogP contribution in [0.1, 0.15) is 48.5 Å². The van der Waals surface area contributed by atoms with Crippen molar-refractivity contribution in [3.8, 4) is 0 Å². The Morgan fingerprint density at radius 1 is 1.21 bits per heavy atom. The van der Waals surface area contributed by atoms with Crippen molar-refractivity contribution in [1.29, 1.82) is 0 Å². The summed E-state index contributed by atoms with van der Waals surface area (Å²) >= 11 is 0. The molecule has 0 saturated carbocycles. The molecule has 0 heterocycles. The van der Waals surface area contributed by atoms with E-state index in [1.54, 1.807) is 13.1 Å². The van der Waals surface area contributed by atoms with Gasteiger partial charge in [0.05, 0.1) is 12.6 Å². The zero-order valence-corrected chi connectivity index (χ0v) is 18.6. The van der Waals surface area contributed by atoms with Crippen LogP contribution in [0.15, 0.2) is 11.6 Å². The molecule has 8 heteroatoms. The van der Waals surface area contributed by atoms with E-state index in [4.69, 9.17) is 10.5 Å². The second-order valence-corrected chi connectivity index (χ2v) is 8.96. The number of carboxylic acids is 1. The Hall–Kier alpha value is -1.93. The van der Waals surface area contributed by atoms with Gasteiger partial charge in [-0.1, -0.05) is 40.7 Å². The number of carbonyl (C=O) groups is 3. The molecule has 0 bridgehead atoms. The summed E-state index contributed by atoms with van der Waals surface area (Å²) in [5.41, 5.74) is 4.30. The van der Waals surface area contributed by atoms with Crippen LogP contribution < -0.4 is 11.1 Å². The summed E-state index contributed by atoms with van der Waals surface area (Å²) in [6.45, 7) is 12.4. The van der Waals surface area contributed by atoms with Crippen LogP contribution in [0.25, 0.3) is 0 Å². The number of aliphatic carboxylic acids is 1. The van der Waals surface area contributed by atoms with Gasteiger partial charge in [0.2, 0.25) is 11.8 Å². The van der Waals surface area contributed by atoms with E-state index in [2.05, 4.69) is 5.32 Å². The van der Waals surface area contributed by atoms with Crippen LogP contribution in [0.3, 0.4) is 0 Å². The Kier molecular flexibility index (Phi) is 9.33. The first-order chi connectivity index (χ1) is 12.6. The van der Waals surface area contributed by atoms with Crippen molar-refractivity contribution < 1.29 is 24.2 Å². The van der Waals surface area contributed by atoms with Crippen molar-refractivity contribution in [1.82, 2.24) is 10.2 Å². The third kappa shape index (κ3) is 7.24. The standard InChI is InChI=1S/C20H37N3O5/c1-12(2)14(10-13(3)17(25)26)23(8)16(24)15(19(4,5)6)22-18(27)20(7,21)11-28-9/h10,12,14-15H,11,21H2,1-9H3,(H,22,27)(H,25,26)/b13-10+. The lowest BCUT2D eigenvalue weighted by atomic mass is 9.84. The zero-order valence-electron chi connectivity index (χ0n) is 18.6. The predicted octanol–water partition coefficient (Wildman–Crippen LogP) is 1.40. The van der Waals surface area contributed by atoms with Gasteiger partial charge in [0.1, 0.15) is 11.6 Å². The molecule has 0 aliphatic carbocycles. The van der Waals surface area contributed by atoms with Crippen molar-refractivity contribution in [2.75, 3.05) is 20.8 Å². The number of nitrogens with two attached hydrogens (primary N) is 1. The Bertz CT molecular complexity index is 605. The monoisotopic (exact) mass is 399 g/mol. The maximum atomic E-state index is 13.3. The van der Waals surface area contributed by atoms with Gasteiger partial charge >= 0.3 is 5.97 Å². The van der Waals surface area contributed by atoms with Crippen molar-refractivity contribution in [2.24, 2.45) is 17.1 Å². The van der Waals surface area contributed by atoms with E-state index >= 15 is 0 Å². The van der Waals surface area contributed by atoms with Gasteiger partial charge in [-0.2, -0.15) is 0 Å². The molecule has 0 aliphatic heterocycles. The number of hydrogen-bond donors (Lipinski definition) is 3. The first-order valence-corrected chi connectivity index (χ1v) is 9.33. The lowest BCUT2D eigenvalue weighted by Gasteiger charge is -2.38. The molecule has 0 aromatic carbocycles. The van der Waals surface area contributed by atoms with E-state index in [9.17, 15) is 19.5 Å². The molecule has 0 radical (unpaired) electrons. The van der Waals surface area contributed by atoms with Crippen LogP contribution >= 0.6 is 0 Å². The largest absolute Gasteiger partial charge is 0.478 e. The zero-order chi connectivity index (χ0) is 22.4. The van der Waals surface area contributed by atoms with Gasteiger partial charge in [0.15, 0.2) is 0 Å². The second kappa shape index (κ2) is 10.0. The van der Waals surface area contributed by atoms with Gasteiger partial charge < -0.3 is 25.8 Å². The molecule has 0 rings (SSSR count). The Labute approximate surface area is 168 Å². The van der Waals surface area contributed by atoms with Crippen molar-refractivity contribution >= 4 is 17.8 Å². The molecule has 4 N–H and O–H groups in total. The molecule has 2 amide bonds. The molecular weight excluding hydrogens is 362 g/mol. The van der Waals surface area contributed by atoms with Gasteiger partial charge in [-0.25, -0.2) is 4.79 Å². The third-order valence-electron chi connectivity index (χ3n) is 4.59. The SMILES string of the molecule is COCC(C)(N)C(=O)NC(C(=O)N(C)C(/C=C(\C)C(=O)O)C(C)C)C(C)(C)C. The third-order valence-corrected chi connectivity index (χ3v) is 4.59. The molecule has 0 aromatic heterocycles. The van der Waals surface area contributed by atoms with Crippen LogP contribution in [0.2, 0.25) is 0 Å². The van der Waals surface area contributed by atoms with Crippen LogP contribution in [0.4, 0.5) is 0 Å². The van der Waals surface area contributed by atoms with Crippen molar-refractivity contribution in [3.63, 3.8) is 0 Å². The maximum Gasteiger partial charge on any atom is 0.331 e. The molecule has 0 saturated heterocycles. The van der Waals surface area contributed by atoms with Crippen molar-refractivity contribution in [3.05, 3.63) is 11.6 Å². The number of carboxylic acid groups (broad SMARTS) is 1. The predicted molar refractivity (Wildman–Crippen MR) is 109 cm³/mol. The molecule has 3 atom stereocenters. The highest BCUT2D eigenvalue weighted by molar-refractivity contribution is 5.92. The van der Waals surface area contributed by atoms with E-state index < -0.39 is 34.9 Å². The minimum absolute atomic E-state index is 0.00882. The lowest BCUT2D eigenvalue weighted by Crippen LogP contribution is -2.62. The van der Waals surface area contributed by atoms with Gasteiger partial charge in [-0.15, -0.1) is 0 Å². The van der Waals surface area contributed by atoms with Crippen molar-refractivity contribution in [2.45, 2.75) is 66.1 Å². The topological polar surface area (TPSA) is 122 Å². The summed E-state index contributed by atoms with van der Waals surface area (Å²) in [5, 5.41) is 11.9. The summed E-state index contributed by atoms with van der Waals surface area (Å²) in [5.74, 6) is -1.87. The quantitative estimate of drug-likeness (QED) is 0.504. The highest BCUT2D eigenvalue weighted by atomic mass is 16.5. The summed E-state index contributed by atoms with van der Waals surface area (Å²) < 4.78 is 4.99. The molecule has 8 nitrogen and oxygen atoms in total. The van der Waals surface area contributed by atoms with E-state index in [-0.39, 0.29) is 24.0 Å². The molecule has 28 heavy (non-hydrogen) atoms. The molecule has 0 aromatic rings. The number of nitrogens with zero attached hydrogens (tertiary/aromatic N) is 1. The fourth-order valence-corrected chi connectivity index (χ4v) is 2.74. The number of hydrogen-bond acceptors (Lipinski definition) is 5. The average molecular weight is 400 g/mol. The Balaban J connectivity index is 5.81. The number of methoxy groups -OCH3 is 1. The number of nitrogens with one attached hydrogen (secondary N) is 1. The summed E-state index contributed by atoms with van der Waals surface area (Å²) in [4.78, 5) is 38.6. The summed E-state index contributed by atoms with van der Waals surface area (Å²) in [7, 11) is 3.06. The number of rotatable bonds is 9. The minimum Gasteiger partial charge on any atom is -0.478 e. The van der Waals surface area contributed by atoms with Gasteiger partial charge in [0.25, 0.3) is 0 Å².